The first-order chi connectivity index (χ1) is 9.25. The Balaban J connectivity index is 2.84. The Bertz CT molecular complexity index is 503. The fourth-order valence-electron chi connectivity index (χ4n) is 1.49. The minimum absolute atomic E-state index is 0.115. The smallest absolute Gasteiger partial charge is 0.418 e. The Morgan fingerprint density at radius 3 is 2.40 bits per heavy atom. The van der Waals surface area contributed by atoms with Gasteiger partial charge in [-0.25, -0.2) is 9.59 Å². The molecule has 0 fully saturated rings. The molecule has 0 aliphatic rings. The van der Waals surface area contributed by atoms with Crippen LogP contribution >= 0.6 is 0 Å². The van der Waals surface area contributed by atoms with E-state index in [-0.39, 0.29) is 6.42 Å². The summed E-state index contributed by atoms with van der Waals surface area (Å²) < 4.78 is 38.1. The first-order valence-electron chi connectivity index (χ1n) is 5.72. The topological polar surface area (TPSA) is 78.4 Å². The first kappa shape index (κ1) is 15.8. The Morgan fingerprint density at radius 1 is 1.30 bits per heavy atom. The van der Waals surface area contributed by atoms with Gasteiger partial charge in [0.05, 0.1) is 11.3 Å². The number of carboxylic acid groups (broad SMARTS) is 1. The van der Waals surface area contributed by atoms with Crippen LogP contribution in [0.15, 0.2) is 24.3 Å². The number of para-hydroxylation sites is 1. The Labute approximate surface area is 112 Å². The van der Waals surface area contributed by atoms with Crippen LogP contribution in [-0.2, 0) is 11.0 Å². The van der Waals surface area contributed by atoms with Crippen LogP contribution < -0.4 is 10.6 Å². The third-order valence-corrected chi connectivity index (χ3v) is 2.49. The van der Waals surface area contributed by atoms with Gasteiger partial charge in [-0.3, -0.25) is 0 Å². The molecule has 8 heteroatoms. The molecule has 1 unspecified atom stereocenters. The number of halogens is 3. The van der Waals surface area contributed by atoms with Gasteiger partial charge in [0.25, 0.3) is 0 Å². The lowest BCUT2D eigenvalue weighted by Gasteiger charge is -2.16. The number of amides is 2. The molecule has 0 aliphatic heterocycles. The van der Waals surface area contributed by atoms with E-state index in [4.69, 9.17) is 5.11 Å². The first-order valence-corrected chi connectivity index (χ1v) is 5.72. The number of benzene rings is 1. The standard InChI is InChI=1S/C12H13F3N2O3/c1-2-8(10(18)19)16-11(20)17-9-6-4-3-5-7(9)12(13,14)15/h3-6,8H,2H2,1H3,(H,18,19)(H2,16,17,20). The molecule has 0 radical (unpaired) electrons. The zero-order valence-corrected chi connectivity index (χ0v) is 10.5. The van der Waals surface area contributed by atoms with Crippen LogP contribution in [0.25, 0.3) is 0 Å². The fraction of sp³-hybridized carbons (Fsp3) is 0.333. The Hall–Kier alpha value is -2.25. The largest absolute Gasteiger partial charge is 0.480 e. The molecule has 20 heavy (non-hydrogen) atoms. The van der Waals surface area contributed by atoms with E-state index in [0.717, 1.165) is 12.1 Å². The maximum absolute atomic E-state index is 12.7. The molecule has 1 atom stereocenters. The van der Waals surface area contributed by atoms with Gasteiger partial charge in [-0.05, 0) is 18.6 Å². The molecule has 3 N–H and O–H groups in total. The summed E-state index contributed by atoms with van der Waals surface area (Å²) in [5.74, 6) is -1.26. The molecule has 0 aliphatic carbocycles. The lowest BCUT2D eigenvalue weighted by atomic mass is 10.1. The number of carbonyl (C=O) groups excluding carboxylic acids is 1. The quantitative estimate of drug-likeness (QED) is 0.797. The maximum Gasteiger partial charge on any atom is 0.418 e. The second kappa shape index (κ2) is 6.27. The van der Waals surface area contributed by atoms with Crippen LogP contribution in [0.2, 0.25) is 0 Å². The van der Waals surface area contributed by atoms with Gasteiger partial charge in [0.2, 0.25) is 0 Å². The number of anilines is 1. The number of hydrogen-bond donors (Lipinski definition) is 3. The highest BCUT2D eigenvalue weighted by atomic mass is 19.4. The van der Waals surface area contributed by atoms with Crippen molar-refractivity contribution in [3.63, 3.8) is 0 Å². The van der Waals surface area contributed by atoms with E-state index in [1.807, 2.05) is 5.32 Å². The van der Waals surface area contributed by atoms with E-state index in [1.165, 1.54) is 19.1 Å². The van der Waals surface area contributed by atoms with Crippen LogP contribution in [0.4, 0.5) is 23.7 Å². The molecule has 1 aromatic carbocycles. The lowest BCUT2D eigenvalue weighted by molar-refractivity contribution is -0.139. The number of aliphatic carboxylic acids is 1. The third kappa shape index (κ3) is 4.15. The van der Waals surface area contributed by atoms with Crippen molar-refractivity contribution in [1.29, 1.82) is 0 Å². The van der Waals surface area contributed by atoms with E-state index >= 15 is 0 Å². The van der Waals surface area contributed by atoms with Crippen molar-refractivity contribution in [2.45, 2.75) is 25.6 Å². The number of nitrogens with one attached hydrogen (secondary N) is 2. The van der Waals surface area contributed by atoms with Crippen molar-refractivity contribution >= 4 is 17.7 Å². The molecule has 0 spiro atoms. The van der Waals surface area contributed by atoms with Crippen LogP contribution in [-0.4, -0.2) is 23.1 Å². The Morgan fingerprint density at radius 2 is 1.90 bits per heavy atom. The van der Waals surface area contributed by atoms with E-state index in [0.29, 0.717) is 0 Å². The second-order valence-corrected chi connectivity index (χ2v) is 3.94. The van der Waals surface area contributed by atoms with E-state index < -0.39 is 35.5 Å². The summed E-state index contributed by atoms with van der Waals surface area (Å²) in [6.07, 6.45) is -4.50. The summed E-state index contributed by atoms with van der Waals surface area (Å²) in [6.45, 7) is 1.53. The molecule has 0 bridgehead atoms. The number of carbonyl (C=O) groups is 2. The summed E-state index contributed by atoms with van der Waals surface area (Å²) in [5.41, 5.74) is -1.43. The van der Waals surface area contributed by atoms with Gasteiger partial charge in [-0.1, -0.05) is 19.1 Å². The third-order valence-electron chi connectivity index (χ3n) is 2.49. The van der Waals surface area contributed by atoms with Crippen LogP contribution in [0.5, 0.6) is 0 Å². The van der Waals surface area contributed by atoms with Crippen LogP contribution in [0, 0.1) is 0 Å². The second-order valence-electron chi connectivity index (χ2n) is 3.94. The molecule has 0 aromatic heterocycles. The van der Waals surface area contributed by atoms with E-state index in [2.05, 4.69) is 5.32 Å². The molecule has 0 heterocycles. The summed E-state index contributed by atoms with van der Waals surface area (Å²) in [7, 11) is 0. The fourth-order valence-corrected chi connectivity index (χ4v) is 1.49. The van der Waals surface area contributed by atoms with E-state index in [1.54, 1.807) is 0 Å². The normalized spacial score (nSPS) is 12.6. The van der Waals surface area contributed by atoms with Gasteiger partial charge in [0.1, 0.15) is 6.04 Å². The molecule has 2 amide bonds. The van der Waals surface area contributed by atoms with Crippen molar-refractivity contribution in [2.24, 2.45) is 0 Å². The summed E-state index contributed by atoms with van der Waals surface area (Å²) in [4.78, 5) is 22.2. The average molecular weight is 290 g/mol. The summed E-state index contributed by atoms with van der Waals surface area (Å²) >= 11 is 0. The average Bonchev–Trinajstić information content (AvgIpc) is 2.35. The van der Waals surface area contributed by atoms with Crippen molar-refractivity contribution < 1.29 is 27.9 Å². The Kier molecular flexibility index (Phi) is 4.95. The van der Waals surface area contributed by atoms with Gasteiger partial charge in [0.15, 0.2) is 0 Å². The molecule has 5 nitrogen and oxygen atoms in total. The van der Waals surface area contributed by atoms with Gasteiger partial charge < -0.3 is 15.7 Å². The summed E-state index contributed by atoms with van der Waals surface area (Å²) in [6, 6.07) is 2.27. The van der Waals surface area contributed by atoms with Crippen molar-refractivity contribution in [1.82, 2.24) is 5.32 Å². The minimum Gasteiger partial charge on any atom is -0.480 e. The number of urea groups is 1. The highest BCUT2D eigenvalue weighted by molar-refractivity contribution is 5.92. The molecule has 1 rings (SSSR count). The van der Waals surface area contributed by atoms with Crippen molar-refractivity contribution in [3.05, 3.63) is 29.8 Å². The molecule has 110 valence electrons. The predicted octanol–water partition coefficient (Wildman–Crippen LogP) is 2.69. The van der Waals surface area contributed by atoms with Gasteiger partial charge >= 0.3 is 18.2 Å². The molecular weight excluding hydrogens is 277 g/mol. The van der Waals surface area contributed by atoms with Gasteiger partial charge in [-0.2, -0.15) is 13.2 Å². The number of hydrogen-bond acceptors (Lipinski definition) is 2. The highest BCUT2D eigenvalue weighted by Gasteiger charge is 2.33. The predicted molar refractivity (Wildman–Crippen MR) is 65.3 cm³/mol. The zero-order valence-electron chi connectivity index (χ0n) is 10.5. The van der Waals surface area contributed by atoms with E-state index in [9.17, 15) is 22.8 Å². The minimum atomic E-state index is -4.61. The SMILES string of the molecule is CCC(NC(=O)Nc1ccccc1C(F)(F)F)C(=O)O. The number of rotatable bonds is 4. The zero-order chi connectivity index (χ0) is 15.3. The molecular formula is C12H13F3N2O3. The van der Waals surface area contributed by atoms with Crippen LogP contribution in [0.1, 0.15) is 18.9 Å². The molecule has 0 saturated carbocycles. The lowest BCUT2D eigenvalue weighted by Crippen LogP contribution is -2.42. The monoisotopic (exact) mass is 290 g/mol. The highest BCUT2D eigenvalue weighted by Crippen LogP contribution is 2.34. The summed E-state index contributed by atoms with van der Waals surface area (Å²) in [5, 5.41) is 12.8. The molecule has 1 aromatic rings. The van der Waals surface area contributed by atoms with Crippen LogP contribution in [0.3, 0.4) is 0 Å². The maximum atomic E-state index is 12.7. The number of carboxylic acids is 1. The van der Waals surface area contributed by atoms with Gasteiger partial charge in [0, 0.05) is 0 Å². The van der Waals surface area contributed by atoms with Crippen molar-refractivity contribution in [2.75, 3.05) is 5.32 Å². The van der Waals surface area contributed by atoms with Crippen molar-refractivity contribution in [3.8, 4) is 0 Å². The van der Waals surface area contributed by atoms with Gasteiger partial charge in [-0.15, -0.1) is 0 Å². The number of alkyl halides is 3. The molecule has 0 saturated heterocycles.